The minimum absolute atomic E-state index is 0. The second kappa shape index (κ2) is 180. The first-order chi connectivity index (χ1) is 0. The van der Waals surface area contributed by atoms with Gasteiger partial charge in [0, 0.05) is 0 Å². The molecule has 0 aromatic heterocycles. The summed E-state index contributed by atoms with van der Waals surface area (Å²) in [6, 6.07) is 0. The maximum absolute atomic E-state index is 0. The van der Waals surface area contributed by atoms with Gasteiger partial charge in [-0.1, -0.05) is 0 Å². The summed E-state index contributed by atoms with van der Waals surface area (Å²) in [5, 5.41) is 0. The Labute approximate surface area is 95.3 Å². The molecule has 0 aromatic rings. The first-order valence-electron chi connectivity index (χ1n) is 0. The predicted molar refractivity (Wildman–Crippen MR) is 21.7 cm³/mol. The molecule has 0 aliphatic rings. The first-order valence-corrected chi connectivity index (χ1v) is 0. The van der Waals surface area contributed by atoms with Gasteiger partial charge in [0.05, 0.1) is 0 Å². The van der Waals surface area contributed by atoms with Crippen molar-refractivity contribution in [2.45, 2.75) is 0 Å². The number of rotatable bonds is 0. The van der Waals surface area contributed by atoms with Crippen LogP contribution in [0.5, 0.6) is 0 Å². The van der Waals surface area contributed by atoms with Crippen LogP contribution in [-0.4, -0.2) is 32.9 Å². The Morgan fingerprint density at radius 2 is 0.375 bits per heavy atom. The fourth-order valence-electron chi connectivity index (χ4n) is 0. The monoisotopic (exact) mass is 182 g/mol. The van der Waals surface area contributed by atoms with Gasteiger partial charge in [0.25, 0.3) is 0 Å². The molecular weight excluding hydrogens is 171 g/mol. The third-order valence-corrected chi connectivity index (χ3v) is 0. The molecule has 0 aliphatic heterocycles. The Bertz CT molecular complexity index is 8.49. The molecule has 0 radical (unpaired) electrons. The molecule has 8 heavy (non-hydrogen) atoms. The molecule has 0 amide bonds. The summed E-state index contributed by atoms with van der Waals surface area (Å²) in [5.41, 5.74) is 0. The van der Waals surface area contributed by atoms with Gasteiger partial charge in [0.15, 0.2) is 0 Å². The Morgan fingerprint density at radius 1 is 0.375 bits per heavy atom. The molecule has 0 heterocycles. The Morgan fingerprint density at radius 3 is 0.375 bits per heavy atom. The Balaban J connectivity index is 0. The van der Waals surface area contributed by atoms with Crippen molar-refractivity contribution >= 4 is 0 Å². The zero-order chi connectivity index (χ0) is 0. The van der Waals surface area contributed by atoms with E-state index < -0.39 is 0 Å². The third-order valence-electron chi connectivity index (χ3n) is 0. The van der Waals surface area contributed by atoms with Crippen LogP contribution in [0.3, 0.4) is 0 Å². The maximum atomic E-state index is 0. The largest absolute Gasteiger partial charge is 1.00 e. The van der Waals surface area contributed by atoms with Crippen LogP contribution in [0.25, 0.3) is 0 Å². The van der Waals surface area contributed by atoms with E-state index in [0.717, 1.165) is 0 Å². The van der Waals surface area contributed by atoms with E-state index in [9.17, 15) is 0 Å². The summed E-state index contributed by atoms with van der Waals surface area (Å²) in [4.78, 5) is 0. The molecule has 12 N–H and O–H groups in total. The minimum atomic E-state index is 0. The molecule has 0 rings (SSSR count). The van der Waals surface area contributed by atoms with Gasteiger partial charge in [-0.25, -0.2) is 0 Å². The van der Waals surface area contributed by atoms with Crippen LogP contribution in [0.1, 0.15) is 0 Å². The van der Waals surface area contributed by atoms with Crippen LogP contribution in [0, 0.1) is 0 Å². The Kier molecular flexibility index (Phi) is 5800. The van der Waals surface area contributed by atoms with E-state index in [4.69, 9.17) is 0 Å². The van der Waals surface area contributed by atoms with Crippen molar-refractivity contribution in [2.24, 2.45) is 0 Å². The molecule has 0 saturated heterocycles. The molecule has 6 nitrogen and oxygen atoms in total. The Hall–Kier alpha value is 1.69. The van der Waals surface area contributed by atoms with Crippen molar-refractivity contribution in [1.82, 2.24) is 0 Å². The van der Waals surface area contributed by atoms with Gasteiger partial charge in [-0.2, -0.15) is 0 Å². The van der Waals surface area contributed by atoms with Gasteiger partial charge in [-0.15, -0.1) is 0 Å². The summed E-state index contributed by atoms with van der Waals surface area (Å²) in [6.45, 7) is 0. The van der Waals surface area contributed by atoms with E-state index >= 15 is 0 Å². The van der Waals surface area contributed by atoms with Gasteiger partial charge in [0.1, 0.15) is 0 Å². The fourth-order valence-corrected chi connectivity index (χ4v) is 0. The van der Waals surface area contributed by atoms with E-state index in [1.807, 2.05) is 0 Å². The molecule has 0 unspecified atom stereocenters. The van der Waals surface area contributed by atoms with Crippen LogP contribution in [0.15, 0.2) is 0 Å². The van der Waals surface area contributed by atoms with Crippen LogP contribution < -0.4 is 63.8 Å². The molecule has 56 valence electrons. The van der Waals surface area contributed by atoms with E-state index in [1.54, 1.807) is 0 Å². The van der Waals surface area contributed by atoms with E-state index in [1.165, 1.54) is 0 Å². The smallest absolute Gasteiger partial charge is 1.00 e. The van der Waals surface area contributed by atoms with Crippen molar-refractivity contribution < 1.29 is 96.6 Å². The van der Waals surface area contributed by atoms with Crippen LogP contribution in [0.4, 0.5) is 0 Å². The molecule has 0 aromatic carbocycles. The van der Waals surface area contributed by atoms with Gasteiger partial charge in [0.2, 0.25) is 0 Å². The molecule has 0 bridgehead atoms. The van der Waals surface area contributed by atoms with Gasteiger partial charge in [-0.3, -0.25) is 0 Å². The molecule has 0 spiro atoms. The number of hydrogen-bond donors (Lipinski definition) is 0. The van der Waals surface area contributed by atoms with Crippen LogP contribution in [0.2, 0.25) is 0 Å². The molecule has 8 heteroatoms. The van der Waals surface area contributed by atoms with Crippen LogP contribution >= 0.6 is 0 Å². The summed E-state index contributed by atoms with van der Waals surface area (Å²) >= 11 is 0. The average Bonchev–Trinajstić information content (AvgIpc) is 0. The number of hydrogen-bond acceptors (Lipinski definition) is 0. The first kappa shape index (κ1) is 257. The minimum Gasteiger partial charge on any atom is -1.00 e. The fraction of sp³-hybridized carbons (Fsp3) is 0. The molecule has 0 atom stereocenters. The number of halogens is 1. The van der Waals surface area contributed by atoms with Gasteiger partial charge in [-0.05, 0) is 0 Å². The van der Waals surface area contributed by atoms with Crippen molar-refractivity contribution in [3.05, 3.63) is 0 Å². The summed E-state index contributed by atoms with van der Waals surface area (Å²) in [6.07, 6.45) is 0. The van der Waals surface area contributed by atoms with E-state index in [2.05, 4.69) is 0 Å². The quantitative estimate of drug-likeness (QED) is 0.322. The summed E-state index contributed by atoms with van der Waals surface area (Å²) in [7, 11) is 0. The summed E-state index contributed by atoms with van der Waals surface area (Å²) < 4.78 is 0. The molecule has 0 aliphatic carbocycles. The SMILES string of the molecule is O.O.O.O.O.O.[Cl-].[K+]. The normalized spacial score (nSPS) is 0. The van der Waals surface area contributed by atoms with Gasteiger partial charge >= 0.3 is 51.4 Å². The van der Waals surface area contributed by atoms with Crippen molar-refractivity contribution in [3.63, 3.8) is 0 Å². The van der Waals surface area contributed by atoms with Crippen LogP contribution in [-0.2, 0) is 0 Å². The van der Waals surface area contributed by atoms with Crippen molar-refractivity contribution in [3.8, 4) is 0 Å². The molecular formula is H12ClKO6. The average molecular weight is 183 g/mol. The zero-order valence-corrected chi connectivity index (χ0v) is 8.26. The van der Waals surface area contributed by atoms with Gasteiger partial charge < -0.3 is 45.3 Å². The third kappa shape index (κ3) is 121. The zero-order valence-electron chi connectivity index (χ0n) is 4.38. The molecule has 0 fully saturated rings. The maximum Gasteiger partial charge on any atom is 1.00 e. The molecule has 0 saturated carbocycles. The second-order valence-electron chi connectivity index (χ2n) is 0. The predicted octanol–water partition coefficient (Wildman–Crippen LogP) is -10.9. The van der Waals surface area contributed by atoms with E-state index in [0.29, 0.717) is 0 Å². The second-order valence-corrected chi connectivity index (χ2v) is 0. The standard InChI is InChI=1S/ClH.K.6H2O/h1H;;6*1H2/q;+1;;;;;;/p-1. The summed E-state index contributed by atoms with van der Waals surface area (Å²) in [5.74, 6) is 0. The van der Waals surface area contributed by atoms with E-state index in [-0.39, 0.29) is 96.6 Å². The van der Waals surface area contributed by atoms with Crippen molar-refractivity contribution in [1.29, 1.82) is 0 Å². The van der Waals surface area contributed by atoms with Crippen molar-refractivity contribution in [2.75, 3.05) is 0 Å². The topological polar surface area (TPSA) is 189 Å².